The van der Waals surface area contributed by atoms with Crippen LogP contribution in [0.1, 0.15) is 33.9 Å². The van der Waals surface area contributed by atoms with Crippen LogP contribution in [0.25, 0.3) is 11.2 Å². The Hall–Kier alpha value is -1.18. The molecule has 0 unspecified atom stereocenters. The van der Waals surface area contributed by atoms with E-state index in [0.29, 0.717) is 26.0 Å². The number of imidazole rings is 1. The number of hydrogen-bond donors (Lipinski definition) is 0. The van der Waals surface area contributed by atoms with Crippen molar-refractivity contribution < 1.29 is 23.8 Å². The molecule has 3 rings (SSSR count). The van der Waals surface area contributed by atoms with Gasteiger partial charge in [-0.15, -0.1) is 0 Å². The zero-order valence-electron chi connectivity index (χ0n) is 16.2. The van der Waals surface area contributed by atoms with Gasteiger partial charge in [0.05, 0.1) is 6.33 Å². The van der Waals surface area contributed by atoms with Gasteiger partial charge in [-0.3, -0.25) is 14.2 Å². The highest BCUT2D eigenvalue weighted by molar-refractivity contribution is 14.1. The molecule has 9 nitrogen and oxygen atoms in total. The number of esters is 2. The second-order valence-corrected chi connectivity index (χ2v) is 9.64. The highest BCUT2D eigenvalue weighted by Gasteiger charge is 2.50. The lowest BCUT2D eigenvalue weighted by atomic mass is 10.1. The van der Waals surface area contributed by atoms with Crippen LogP contribution in [0.3, 0.4) is 0 Å². The summed E-state index contributed by atoms with van der Waals surface area (Å²) in [5.74, 6) is -0.431. The number of hydrogen-bond acceptors (Lipinski definition) is 9. The van der Waals surface area contributed by atoms with E-state index in [2.05, 4.69) is 28.8 Å². The van der Waals surface area contributed by atoms with Crippen LogP contribution in [0.4, 0.5) is 0 Å². The summed E-state index contributed by atoms with van der Waals surface area (Å²) in [7, 11) is 0. The Labute approximate surface area is 190 Å². The number of carbonyl (C=O) groups excluding carboxylic acids is 2. The number of thioether (sulfide) groups is 1. The molecule has 12 heteroatoms. The van der Waals surface area contributed by atoms with E-state index in [1.165, 1.54) is 20.2 Å². The molecule has 0 amide bonds. The van der Waals surface area contributed by atoms with Crippen molar-refractivity contribution in [1.29, 1.82) is 0 Å². The second kappa shape index (κ2) is 9.31. The van der Waals surface area contributed by atoms with Crippen molar-refractivity contribution in [3.05, 3.63) is 15.3 Å². The van der Waals surface area contributed by atoms with Crippen LogP contribution >= 0.6 is 46.0 Å². The van der Waals surface area contributed by atoms with Gasteiger partial charge in [-0.25, -0.2) is 15.0 Å². The molecule has 29 heavy (non-hydrogen) atoms. The number of aromatic nitrogens is 4. The molecule has 4 atom stereocenters. The number of ether oxygens (including phenoxy) is 3. The van der Waals surface area contributed by atoms with Gasteiger partial charge in [-0.2, -0.15) is 11.8 Å². The molecule has 3 heterocycles. The first-order valence-corrected chi connectivity index (χ1v) is 11.3. The van der Waals surface area contributed by atoms with Gasteiger partial charge in [-0.1, -0.05) is 25.4 Å². The van der Waals surface area contributed by atoms with E-state index in [9.17, 15) is 9.59 Å². The normalized spacial score (nSPS) is 24.2. The Balaban J connectivity index is 2.03. The number of carbonyl (C=O) groups is 2. The van der Waals surface area contributed by atoms with Crippen LogP contribution in [0, 0.1) is 3.83 Å². The van der Waals surface area contributed by atoms with E-state index < -0.39 is 36.5 Å². The average molecular weight is 555 g/mol. The molecule has 0 spiro atoms. The largest absolute Gasteiger partial charge is 0.456 e. The monoisotopic (exact) mass is 554 g/mol. The Kier molecular flexibility index (Phi) is 7.23. The summed E-state index contributed by atoms with van der Waals surface area (Å²) < 4.78 is 19.3. The summed E-state index contributed by atoms with van der Waals surface area (Å²) in [5, 5.41) is 0.564. The fourth-order valence-electron chi connectivity index (χ4n) is 3.05. The lowest BCUT2D eigenvalue weighted by molar-refractivity contribution is -0.165. The van der Waals surface area contributed by atoms with Crippen molar-refractivity contribution in [3.63, 3.8) is 0 Å². The van der Waals surface area contributed by atoms with Crippen LogP contribution in [-0.4, -0.2) is 60.8 Å². The number of halogens is 2. The van der Waals surface area contributed by atoms with Gasteiger partial charge in [0, 0.05) is 42.2 Å². The van der Waals surface area contributed by atoms with Gasteiger partial charge in [0.2, 0.25) is 0 Å². The van der Waals surface area contributed by atoms with Crippen molar-refractivity contribution in [3.8, 4) is 0 Å². The summed E-state index contributed by atoms with van der Waals surface area (Å²) >= 11 is 9.80. The van der Waals surface area contributed by atoms with Gasteiger partial charge >= 0.3 is 11.9 Å². The van der Waals surface area contributed by atoms with Crippen molar-refractivity contribution in [2.45, 2.75) is 57.5 Å². The molecule has 1 saturated heterocycles. The average Bonchev–Trinajstić information content (AvgIpc) is 3.15. The first-order valence-electron chi connectivity index (χ1n) is 8.84. The number of rotatable bonds is 6. The van der Waals surface area contributed by atoms with Crippen molar-refractivity contribution in [2.75, 3.05) is 5.75 Å². The van der Waals surface area contributed by atoms with Gasteiger partial charge in [0.1, 0.15) is 11.6 Å². The highest BCUT2D eigenvalue weighted by Crippen LogP contribution is 2.37. The molecule has 0 saturated carbocycles. The Morgan fingerprint density at radius 1 is 1.28 bits per heavy atom. The van der Waals surface area contributed by atoms with Crippen LogP contribution in [0.5, 0.6) is 0 Å². The van der Waals surface area contributed by atoms with Gasteiger partial charge in [0.25, 0.3) is 0 Å². The maximum absolute atomic E-state index is 11.8. The summed E-state index contributed by atoms with van der Waals surface area (Å²) in [5.41, 5.74) is 0.844. The van der Waals surface area contributed by atoms with E-state index in [1.54, 1.807) is 16.3 Å². The number of nitrogens with zero attached hydrogens (tertiary/aromatic N) is 4. The molecular weight excluding hydrogens is 535 g/mol. The van der Waals surface area contributed by atoms with Crippen molar-refractivity contribution in [2.24, 2.45) is 0 Å². The fraction of sp³-hybridized carbons (Fsp3) is 0.588. The fourth-order valence-corrected chi connectivity index (χ4v) is 4.72. The smallest absolute Gasteiger partial charge is 0.303 e. The van der Waals surface area contributed by atoms with E-state index >= 15 is 0 Å². The van der Waals surface area contributed by atoms with Gasteiger partial charge < -0.3 is 14.2 Å². The van der Waals surface area contributed by atoms with E-state index in [4.69, 9.17) is 25.8 Å². The minimum Gasteiger partial charge on any atom is -0.456 e. The number of fused-ring (bicyclic) bond motifs is 1. The molecule has 1 fully saturated rings. The Bertz CT molecular complexity index is 927. The van der Waals surface area contributed by atoms with Crippen LogP contribution < -0.4 is 0 Å². The van der Waals surface area contributed by atoms with Crippen LogP contribution in [0.2, 0.25) is 5.15 Å². The Morgan fingerprint density at radius 2 is 1.93 bits per heavy atom. The lowest BCUT2D eigenvalue weighted by Gasteiger charge is -2.24. The molecule has 2 aromatic heterocycles. The third-order valence-electron chi connectivity index (χ3n) is 4.11. The zero-order chi connectivity index (χ0) is 21.3. The molecule has 0 aliphatic carbocycles. The minimum atomic E-state index is -0.863. The topological polar surface area (TPSA) is 105 Å². The molecule has 0 N–H and O–H groups in total. The molecular formula is C17H20ClIN4O5S. The van der Waals surface area contributed by atoms with Crippen LogP contribution in [-0.2, 0) is 23.8 Å². The van der Waals surface area contributed by atoms with E-state index in [-0.39, 0.29) is 5.15 Å². The standard InChI is InChI=1S/C17H20ClIN4O5S/c1-7(2)29-5-10-12(26-8(3)24)13(27-9(4)25)16(28-10)23-6-20-11-14(18)21-17(19)22-15(11)23/h6-7,10,12-13,16H,5H2,1-4H3/t10-,12-,13-,16-/m1/s1. The SMILES string of the molecule is CC(=O)O[C@@H]1[C@H](OC(C)=O)[C@@H](CSC(C)C)O[C@H]1n1cnc2c(Cl)nc(I)nc21. The summed E-state index contributed by atoms with van der Waals surface area (Å²) in [4.78, 5) is 36.3. The maximum atomic E-state index is 11.8. The molecule has 2 aromatic rings. The molecule has 0 radical (unpaired) electrons. The molecule has 158 valence electrons. The second-order valence-electron chi connectivity index (χ2n) is 6.70. The van der Waals surface area contributed by atoms with E-state index in [1.807, 2.05) is 22.6 Å². The third-order valence-corrected chi connectivity index (χ3v) is 6.04. The predicted octanol–water partition coefficient (Wildman–Crippen LogP) is 2.99. The first kappa shape index (κ1) is 22.5. The minimum absolute atomic E-state index is 0.212. The summed E-state index contributed by atoms with van der Waals surface area (Å²) in [6, 6.07) is 0. The van der Waals surface area contributed by atoms with Gasteiger partial charge in [-0.05, 0) is 5.25 Å². The molecule has 0 bridgehead atoms. The third kappa shape index (κ3) is 5.12. The van der Waals surface area contributed by atoms with Crippen molar-refractivity contribution in [1.82, 2.24) is 19.5 Å². The lowest BCUT2D eigenvalue weighted by Crippen LogP contribution is -2.39. The maximum Gasteiger partial charge on any atom is 0.303 e. The highest BCUT2D eigenvalue weighted by atomic mass is 127. The van der Waals surface area contributed by atoms with E-state index in [0.717, 1.165) is 0 Å². The summed E-state index contributed by atoms with van der Waals surface area (Å²) in [6.07, 6.45) is -1.38. The summed E-state index contributed by atoms with van der Waals surface area (Å²) in [6.45, 7) is 6.73. The van der Waals surface area contributed by atoms with Crippen molar-refractivity contribution >= 4 is 69.1 Å². The van der Waals surface area contributed by atoms with Gasteiger partial charge in [0.15, 0.2) is 33.1 Å². The predicted molar refractivity (Wildman–Crippen MR) is 116 cm³/mol. The Morgan fingerprint density at radius 3 is 2.55 bits per heavy atom. The molecule has 1 aliphatic rings. The first-order chi connectivity index (χ1) is 13.7. The quantitative estimate of drug-likeness (QED) is 0.231. The molecule has 1 aliphatic heterocycles. The zero-order valence-corrected chi connectivity index (χ0v) is 19.9. The van der Waals surface area contributed by atoms with Crippen LogP contribution in [0.15, 0.2) is 6.33 Å². The molecule has 0 aromatic carbocycles.